The molecule has 0 spiro atoms. The molecule has 2 fully saturated rings. The van der Waals surface area contributed by atoms with Gasteiger partial charge in [-0.2, -0.15) is 0 Å². The van der Waals surface area contributed by atoms with Crippen LogP contribution in [0.3, 0.4) is 0 Å². The average molecular weight is 355 g/mol. The van der Waals surface area contributed by atoms with E-state index in [-0.39, 0.29) is 18.0 Å². The van der Waals surface area contributed by atoms with Crippen molar-refractivity contribution in [3.8, 4) is 0 Å². The fourth-order valence-corrected chi connectivity index (χ4v) is 4.09. The number of amides is 3. The molecular formula is C19H25N5O2. The van der Waals surface area contributed by atoms with Gasteiger partial charge in [0, 0.05) is 56.5 Å². The van der Waals surface area contributed by atoms with Crippen LogP contribution in [0.25, 0.3) is 11.0 Å². The van der Waals surface area contributed by atoms with Gasteiger partial charge in [-0.15, -0.1) is 0 Å². The Kier molecular flexibility index (Phi) is 4.53. The van der Waals surface area contributed by atoms with Crippen molar-refractivity contribution in [2.75, 3.05) is 32.7 Å². The monoisotopic (exact) mass is 355 g/mol. The third-order valence-electron chi connectivity index (χ3n) is 5.65. The van der Waals surface area contributed by atoms with Crippen LogP contribution in [0.1, 0.15) is 25.3 Å². The van der Waals surface area contributed by atoms with E-state index in [0.29, 0.717) is 6.42 Å². The summed E-state index contributed by atoms with van der Waals surface area (Å²) in [5, 5.41) is 1.01. The lowest BCUT2D eigenvalue weighted by Gasteiger charge is -2.36. The number of fused-ring (bicyclic) bond motifs is 1. The maximum absolute atomic E-state index is 12.7. The second-order valence-electron chi connectivity index (χ2n) is 7.06. The van der Waals surface area contributed by atoms with Crippen molar-refractivity contribution in [2.24, 2.45) is 0 Å². The zero-order valence-electron chi connectivity index (χ0n) is 15.1. The third-order valence-corrected chi connectivity index (χ3v) is 5.65. The number of rotatable bonds is 4. The zero-order chi connectivity index (χ0) is 18.1. The zero-order valence-corrected chi connectivity index (χ0v) is 15.1. The SMILES string of the molecule is CCN1CCN(C2CCN(C(=O)Cc3c[nH]c4ncccc34)CC2)C1=O. The van der Waals surface area contributed by atoms with Crippen LogP contribution in [-0.2, 0) is 11.2 Å². The summed E-state index contributed by atoms with van der Waals surface area (Å²) in [5.41, 5.74) is 1.82. The molecule has 138 valence electrons. The number of piperidine rings is 1. The second-order valence-corrected chi connectivity index (χ2v) is 7.06. The number of hydrogen-bond donors (Lipinski definition) is 1. The largest absolute Gasteiger partial charge is 0.346 e. The van der Waals surface area contributed by atoms with Gasteiger partial charge in [-0.25, -0.2) is 9.78 Å². The summed E-state index contributed by atoms with van der Waals surface area (Å²) in [6.45, 7) is 5.87. The first kappa shape index (κ1) is 16.9. The Morgan fingerprint density at radius 3 is 2.81 bits per heavy atom. The quantitative estimate of drug-likeness (QED) is 0.910. The molecule has 2 aromatic heterocycles. The summed E-state index contributed by atoms with van der Waals surface area (Å²) in [5.74, 6) is 0.149. The van der Waals surface area contributed by atoms with Gasteiger partial charge in [0.1, 0.15) is 5.65 Å². The van der Waals surface area contributed by atoms with E-state index >= 15 is 0 Å². The number of likely N-dealkylation sites (N-methyl/N-ethyl adjacent to an activating group) is 1. The fraction of sp³-hybridized carbons (Fsp3) is 0.526. The Bertz CT molecular complexity index is 809. The van der Waals surface area contributed by atoms with Crippen LogP contribution < -0.4 is 0 Å². The number of hydrogen-bond acceptors (Lipinski definition) is 3. The lowest BCUT2D eigenvalue weighted by molar-refractivity contribution is -0.131. The number of likely N-dealkylation sites (tertiary alicyclic amines) is 1. The highest BCUT2D eigenvalue weighted by atomic mass is 16.2. The molecule has 2 aliphatic heterocycles. The molecule has 4 rings (SSSR count). The molecular weight excluding hydrogens is 330 g/mol. The number of nitrogens with zero attached hydrogens (tertiary/aromatic N) is 4. The number of aromatic nitrogens is 2. The van der Waals surface area contributed by atoms with E-state index in [2.05, 4.69) is 9.97 Å². The highest BCUT2D eigenvalue weighted by molar-refractivity contribution is 5.87. The predicted molar refractivity (Wildman–Crippen MR) is 98.7 cm³/mol. The summed E-state index contributed by atoms with van der Waals surface area (Å²) in [7, 11) is 0. The van der Waals surface area contributed by atoms with Gasteiger partial charge in [-0.3, -0.25) is 4.79 Å². The molecule has 2 aliphatic rings. The van der Waals surface area contributed by atoms with Gasteiger partial charge in [0.25, 0.3) is 0 Å². The van der Waals surface area contributed by atoms with Gasteiger partial charge < -0.3 is 19.7 Å². The number of carbonyl (C=O) groups excluding carboxylic acids is 2. The smallest absolute Gasteiger partial charge is 0.320 e. The van der Waals surface area contributed by atoms with E-state index < -0.39 is 0 Å². The molecule has 0 radical (unpaired) electrons. The molecule has 0 aliphatic carbocycles. The first-order valence-corrected chi connectivity index (χ1v) is 9.41. The number of nitrogens with one attached hydrogen (secondary N) is 1. The maximum Gasteiger partial charge on any atom is 0.320 e. The first-order chi connectivity index (χ1) is 12.7. The number of H-pyrrole nitrogens is 1. The van der Waals surface area contributed by atoms with E-state index in [1.54, 1.807) is 6.20 Å². The van der Waals surface area contributed by atoms with Gasteiger partial charge in [-0.1, -0.05) is 0 Å². The molecule has 0 atom stereocenters. The summed E-state index contributed by atoms with van der Waals surface area (Å²) in [4.78, 5) is 38.3. The number of carbonyl (C=O) groups is 2. The molecule has 4 heterocycles. The summed E-state index contributed by atoms with van der Waals surface area (Å²) < 4.78 is 0. The number of pyridine rings is 1. The fourth-order valence-electron chi connectivity index (χ4n) is 4.09. The third kappa shape index (κ3) is 3.02. The van der Waals surface area contributed by atoms with Crippen molar-refractivity contribution in [3.05, 3.63) is 30.1 Å². The Balaban J connectivity index is 1.34. The van der Waals surface area contributed by atoms with Crippen molar-refractivity contribution in [3.63, 3.8) is 0 Å². The van der Waals surface area contributed by atoms with Crippen LogP contribution in [0, 0.1) is 0 Å². The number of aromatic amines is 1. The average Bonchev–Trinajstić information content (AvgIpc) is 3.25. The van der Waals surface area contributed by atoms with Gasteiger partial charge in [-0.05, 0) is 37.5 Å². The summed E-state index contributed by atoms with van der Waals surface area (Å²) in [6.07, 6.45) is 5.75. The lowest BCUT2D eigenvalue weighted by Crippen LogP contribution is -2.48. The van der Waals surface area contributed by atoms with Crippen LogP contribution in [0.4, 0.5) is 4.79 Å². The van der Waals surface area contributed by atoms with E-state index in [1.807, 2.05) is 40.0 Å². The standard InChI is InChI=1S/C19H25N5O2/c1-2-22-10-11-24(19(22)26)15-5-8-23(9-6-15)17(25)12-14-13-21-18-16(14)4-3-7-20-18/h3-4,7,13,15H,2,5-6,8-12H2,1H3,(H,20,21). The van der Waals surface area contributed by atoms with E-state index in [0.717, 1.165) is 62.2 Å². The van der Waals surface area contributed by atoms with Gasteiger partial charge in [0.15, 0.2) is 0 Å². The summed E-state index contributed by atoms with van der Waals surface area (Å²) >= 11 is 0. The lowest BCUT2D eigenvalue weighted by atomic mass is 10.0. The highest BCUT2D eigenvalue weighted by Crippen LogP contribution is 2.23. The molecule has 1 N–H and O–H groups in total. The predicted octanol–water partition coefficient (Wildman–Crippen LogP) is 1.85. The van der Waals surface area contributed by atoms with Crippen LogP contribution in [0.15, 0.2) is 24.5 Å². The topological polar surface area (TPSA) is 72.5 Å². The van der Waals surface area contributed by atoms with Crippen molar-refractivity contribution < 1.29 is 9.59 Å². The minimum atomic E-state index is 0.149. The molecule has 26 heavy (non-hydrogen) atoms. The minimum absolute atomic E-state index is 0.149. The molecule has 2 aromatic rings. The number of urea groups is 1. The minimum Gasteiger partial charge on any atom is -0.346 e. The first-order valence-electron chi connectivity index (χ1n) is 9.41. The molecule has 0 saturated carbocycles. The summed E-state index contributed by atoms with van der Waals surface area (Å²) in [6, 6.07) is 4.30. The van der Waals surface area contributed by atoms with E-state index in [1.165, 1.54) is 0 Å². The van der Waals surface area contributed by atoms with E-state index in [4.69, 9.17) is 0 Å². The maximum atomic E-state index is 12.7. The van der Waals surface area contributed by atoms with Crippen LogP contribution in [0.5, 0.6) is 0 Å². The second kappa shape index (κ2) is 6.97. The Morgan fingerprint density at radius 1 is 1.27 bits per heavy atom. The van der Waals surface area contributed by atoms with Gasteiger partial charge >= 0.3 is 6.03 Å². The highest BCUT2D eigenvalue weighted by Gasteiger charge is 2.35. The van der Waals surface area contributed by atoms with Gasteiger partial charge in [0.2, 0.25) is 5.91 Å². The van der Waals surface area contributed by atoms with Gasteiger partial charge in [0.05, 0.1) is 6.42 Å². The molecule has 7 nitrogen and oxygen atoms in total. The molecule has 0 aromatic carbocycles. The Hall–Kier alpha value is -2.57. The van der Waals surface area contributed by atoms with Crippen molar-refractivity contribution in [1.82, 2.24) is 24.7 Å². The van der Waals surface area contributed by atoms with Crippen molar-refractivity contribution >= 4 is 23.0 Å². The van der Waals surface area contributed by atoms with Crippen LogP contribution in [0.2, 0.25) is 0 Å². The Morgan fingerprint density at radius 2 is 2.08 bits per heavy atom. The van der Waals surface area contributed by atoms with E-state index in [9.17, 15) is 9.59 Å². The van der Waals surface area contributed by atoms with Crippen LogP contribution >= 0.6 is 0 Å². The molecule has 2 saturated heterocycles. The normalized spacial score (nSPS) is 19.0. The molecule has 0 unspecified atom stereocenters. The Labute approximate surface area is 153 Å². The molecule has 7 heteroatoms. The van der Waals surface area contributed by atoms with Crippen molar-refractivity contribution in [2.45, 2.75) is 32.2 Å². The van der Waals surface area contributed by atoms with Crippen LogP contribution in [-0.4, -0.2) is 75.4 Å². The molecule has 3 amide bonds. The van der Waals surface area contributed by atoms with Crippen molar-refractivity contribution in [1.29, 1.82) is 0 Å². The molecule has 0 bridgehead atoms.